The minimum atomic E-state index is -0.269. The zero-order valence-electron chi connectivity index (χ0n) is 15.8. The van der Waals surface area contributed by atoms with Gasteiger partial charge in [0.05, 0.1) is 10.6 Å². The number of benzene rings is 3. The van der Waals surface area contributed by atoms with E-state index in [1.165, 1.54) is 11.3 Å². The summed E-state index contributed by atoms with van der Waals surface area (Å²) in [6.07, 6.45) is 0. The highest BCUT2D eigenvalue weighted by Crippen LogP contribution is 2.40. The Bertz CT molecular complexity index is 1250. The van der Waals surface area contributed by atoms with Crippen LogP contribution in [-0.2, 0) is 6.61 Å². The molecule has 1 amide bonds. The van der Waals surface area contributed by atoms with Crippen molar-refractivity contribution in [3.8, 4) is 17.0 Å². The zero-order chi connectivity index (χ0) is 20.5. The van der Waals surface area contributed by atoms with Crippen LogP contribution in [-0.4, -0.2) is 16.7 Å². The van der Waals surface area contributed by atoms with Crippen LogP contribution in [0.5, 0.6) is 5.75 Å². The second-order valence-electron chi connectivity index (χ2n) is 6.80. The Morgan fingerprint density at radius 3 is 2.30 bits per heavy atom. The highest BCUT2D eigenvalue weighted by Gasteiger charge is 2.22. The van der Waals surface area contributed by atoms with Crippen LogP contribution in [0.4, 0.5) is 5.13 Å². The molecule has 0 saturated carbocycles. The van der Waals surface area contributed by atoms with Gasteiger partial charge in [-0.05, 0) is 24.3 Å². The molecule has 30 heavy (non-hydrogen) atoms. The van der Waals surface area contributed by atoms with Gasteiger partial charge >= 0.3 is 0 Å². The van der Waals surface area contributed by atoms with Crippen LogP contribution in [0.15, 0.2) is 78.9 Å². The summed E-state index contributed by atoms with van der Waals surface area (Å²) in [6.45, 7) is 0.441. The lowest BCUT2D eigenvalue weighted by Gasteiger charge is -2.15. The van der Waals surface area contributed by atoms with E-state index in [0.29, 0.717) is 28.4 Å². The van der Waals surface area contributed by atoms with E-state index in [-0.39, 0.29) is 11.7 Å². The maximum Gasteiger partial charge on any atom is 0.257 e. The van der Waals surface area contributed by atoms with Gasteiger partial charge in [-0.15, -0.1) is 0 Å². The number of ether oxygens (including phenoxy) is 1. The molecule has 0 spiro atoms. The quantitative estimate of drug-likeness (QED) is 0.469. The average Bonchev–Trinajstić information content (AvgIpc) is 3.22. The van der Waals surface area contributed by atoms with Gasteiger partial charge in [0.15, 0.2) is 10.9 Å². The number of ketones is 1. The van der Waals surface area contributed by atoms with E-state index in [1.807, 2.05) is 42.5 Å². The van der Waals surface area contributed by atoms with Crippen LogP contribution in [0.1, 0.15) is 31.2 Å². The van der Waals surface area contributed by atoms with E-state index in [2.05, 4.69) is 10.3 Å². The summed E-state index contributed by atoms with van der Waals surface area (Å²) < 4.78 is 5.75. The summed E-state index contributed by atoms with van der Waals surface area (Å²) in [5.74, 6) is 0.453. The van der Waals surface area contributed by atoms with Crippen LogP contribution >= 0.6 is 11.3 Å². The molecule has 4 aromatic rings. The first-order valence-corrected chi connectivity index (χ1v) is 10.2. The van der Waals surface area contributed by atoms with Crippen LogP contribution in [0.3, 0.4) is 0 Å². The van der Waals surface area contributed by atoms with E-state index in [0.717, 1.165) is 21.9 Å². The van der Waals surface area contributed by atoms with Crippen molar-refractivity contribution in [1.29, 1.82) is 0 Å². The number of rotatable bonds is 4. The Morgan fingerprint density at radius 1 is 0.833 bits per heavy atom. The largest absolute Gasteiger partial charge is 0.487 e. The standard InChI is InChI=1S/C24H16N2O3S/c27-22(15-6-2-1-3-7-15)16-10-12-17(13-11-16)23(28)26-24-25-21-18-8-4-5-9-19(18)29-14-20(21)30-24/h1-13H,14H2,(H,25,26,28). The third-order valence-electron chi connectivity index (χ3n) is 4.86. The van der Waals surface area contributed by atoms with Crippen molar-refractivity contribution in [1.82, 2.24) is 4.98 Å². The summed E-state index contributed by atoms with van der Waals surface area (Å²) in [5.41, 5.74) is 3.39. The summed E-state index contributed by atoms with van der Waals surface area (Å²) in [5, 5.41) is 3.38. The highest BCUT2D eigenvalue weighted by atomic mass is 32.1. The number of para-hydroxylation sites is 1. The first-order chi connectivity index (χ1) is 14.7. The van der Waals surface area contributed by atoms with Gasteiger partial charge < -0.3 is 4.74 Å². The molecule has 0 fully saturated rings. The Morgan fingerprint density at radius 2 is 1.50 bits per heavy atom. The maximum atomic E-state index is 12.7. The minimum absolute atomic E-state index is 0.0752. The van der Waals surface area contributed by atoms with Crippen molar-refractivity contribution < 1.29 is 14.3 Å². The monoisotopic (exact) mass is 412 g/mol. The fourth-order valence-corrected chi connectivity index (χ4v) is 4.23. The molecule has 0 atom stereocenters. The second-order valence-corrected chi connectivity index (χ2v) is 7.89. The number of carbonyl (C=O) groups is 2. The van der Waals surface area contributed by atoms with Gasteiger partial charge in [-0.25, -0.2) is 4.98 Å². The van der Waals surface area contributed by atoms with Gasteiger partial charge in [0.25, 0.3) is 5.91 Å². The minimum Gasteiger partial charge on any atom is -0.487 e. The predicted molar refractivity (Wildman–Crippen MR) is 116 cm³/mol. The second kappa shape index (κ2) is 7.57. The molecule has 3 aromatic carbocycles. The van der Waals surface area contributed by atoms with E-state index < -0.39 is 0 Å². The van der Waals surface area contributed by atoms with Crippen molar-refractivity contribution in [3.63, 3.8) is 0 Å². The number of fused-ring (bicyclic) bond motifs is 3. The smallest absolute Gasteiger partial charge is 0.257 e. The molecule has 0 aliphatic carbocycles. The fourth-order valence-electron chi connectivity index (χ4n) is 3.34. The van der Waals surface area contributed by atoms with Gasteiger partial charge in [0.2, 0.25) is 0 Å². The normalized spacial score (nSPS) is 11.7. The van der Waals surface area contributed by atoms with E-state index in [1.54, 1.807) is 36.4 Å². The Labute approximate surface area is 177 Å². The molecule has 5 rings (SSSR count). The molecule has 1 aromatic heterocycles. The van der Waals surface area contributed by atoms with Crippen LogP contribution < -0.4 is 10.1 Å². The Kier molecular flexibility index (Phi) is 4.61. The van der Waals surface area contributed by atoms with E-state index >= 15 is 0 Å². The van der Waals surface area contributed by atoms with Crippen LogP contribution in [0, 0.1) is 0 Å². The number of aromatic nitrogens is 1. The van der Waals surface area contributed by atoms with Gasteiger partial charge in [0.1, 0.15) is 12.4 Å². The van der Waals surface area contributed by atoms with Gasteiger partial charge in [-0.1, -0.05) is 65.9 Å². The highest BCUT2D eigenvalue weighted by molar-refractivity contribution is 7.16. The number of nitrogens with zero attached hydrogens (tertiary/aromatic N) is 1. The molecular formula is C24H16N2O3S. The fraction of sp³-hybridized carbons (Fsp3) is 0.0417. The topological polar surface area (TPSA) is 68.3 Å². The van der Waals surface area contributed by atoms with Gasteiger partial charge in [-0.2, -0.15) is 0 Å². The number of nitrogens with one attached hydrogen (secondary N) is 1. The molecule has 0 saturated heterocycles. The molecular weight excluding hydrogens is 396 g/mol. The van der Waals surface area contributed by atoms with Crippen LogP contribution in [0.2, 0.25) is 0 Å². The van der Waals surface area contributed by atoms with Crippen LogP contribution in [0.25, 0.3) is 11.3 Å². The van der Waals surface area contributed by atoms with Crippen molar-refractivity contribution in [3.05, 3.63) is 100 Å². The molecule has 0 radical (unpaired) electrons. The summed E-state index contributed by atoms with van der Waals surface area (Å²) in [4.78, 5) is 30.7. The molecule has 146 valence electrons. The third-order valence-corrected chi connectivity index (χ3v) is 5.81. The number of thiazole rings is 1. The maximum absolute atomic E-state index is 12.7. The lowest BCUT2D eigenvalue weighted by Crippen LogP contribution is -2.12. The number of anilines is 1. The van der Waals surface area contributed by atoms with Gasteiger partial charge in [0, 0.05) is 22.3 Å². The first kappa shape index (κ1) is 18.3. The molecule has 0 unspecified atom stereocenters. The summed E-state index contributed by atoms with van der Waals surface area (Å²) in [7, 11) is 0. The number of hydrogen-bond acceptors (Lipinski definition) is 5. The van der Waals surface area contributed by atoms with Gasteiger partial charge in [-0.3, -0.25) is 14.9 Å². The number of carbonyl (C=O) groups excluding carboxylic acids is 2. The SMILES string of the molecule is O=C(Nc1nc2c(s1)COc1ccccc1-2)c1ccc(C(=O)c2ccccc2)cc1. The van der Waals surface area contributed by atoms with E-state index in [9.17, 15) is 9.59 Å². The Balaban J connectivity index is 1.33. The Hall–Kier alpha value is -3.77. The molecule has 2 heterocycles. The average molecular weight is 412 g/mol. The van der Waals surface area contributed by atoms with Crippen molar-refractivity contribution in [2.75, 3.05) is 5.32 Å². The summed E-state index contributed by atoms with van der Waals surface area (Å²) >= 11 is 1.41. The lowest BCUT2D eigenvalue weighted by atomic mass is 10.0. The molecule has 6 heteroatoms. The molecule has 1 aliphatic heterocycles. The molecule has 1 aliphatic rings. The molecule has 0 bridgehead atoms. The number of amides is 1. The number of hydrogen-bond donors (Lipinski definition) is 1. The van der Waals surface area contributed by atoms with Crippen molar-refractivity contribution >= 4 is 28.2 Å². The third kappa shape index (κ3) is 3.38. The predicted octanol–water partition coefficient (Wildman–Crippen LogP) is 5.19. The molecule has 1 N–H and O–H groups in total. The zero-order valence-corrected chi connectivity index (χ0v) is 16.6. The van der Waals surface area contributed by atoms with Crippen molar-refractivity contribution in [2.24, 2.45) is 0 Å². The van der Waals surface area contributed by atoms with Crippen molar-refractivity contribution in [2.45, 2.75) is 6.61 Å². The first-order valence-electron chi connectivity index (χ1n) is 9.42. The summed E-state index contributed by atoms with van der Waals surface area (Å²) in [6, 6.07) is 23.4. The molecule has 5 nitrogen and oxygen atoms in total. The lowest BCUT2D eigenvalue weighted by molar-refractivity contribution is 0.102. The van der Waals surface area contributed by atoms with E-state index in [4.69, 9.17) is 4.74 Å².